The molecule has 0 aliphatic carbocycles. The van der Waals surface area contributed by atoms with Crippen LogP contribution in [0.4, 0.5) is 0 Å². The fraction of sp³-hybridized carbons (Fsp3) is 0.818. The molecule has 0 aromatic rings. The monoisotopic (exact) mass is 213 g/mol. The van der Waals surface area contributed by atoms with Crippen molar-refractivity contribution in [2.24, 2.45) is 5.92 Å². The molecule has 1 heterocycles. The largest absolute Gasteiger partial charge is 0.466 e. The van der Waals surface area contributed by atoms with E-state index in [1.54, 1.807) is 6.92 Å². The molecule has 0 aromatic heterocycles. The van der Waals surface area contributed by atoms with Gasteiger partial charge in [-0.25, -0.2) is 0 Å². The first-order valence-corrected chi connectivity index (χ1v) is 5.58. The highest BCUT2D eigenvalue weighted by Crippen LogP contribution is 2.14. The van der Waals surface area contributed by atoms with Crippen LogP contribution in [0.15, 0.2) is 0 Å². The first kappa shape index (κ1) is 12.2. The lowest BCUT2D eigenvalue weighted by Crippen LogP contribution is -2.46. The Balaban J connectivity index is 2.31. The third kappa shape index (κ3) is 3.63. The van der Waals surface area contributed by atoms with Gasteiger partial charge in [0, 0.05) is 12.3 Å². The van der Waals surface area contributed by atoms with Gasteiger partial charge in [-0.05, 0) is 26.3 Å². The maximum Gasteiger partial charge on any atom is 0.305 e. The zero-order chi connectivity index (χ0) is 11.3. The lowest BCUT2D eigenvalue weighted by atomic mass is 9.90. The van der Waals surface area contributed by atoms with Crippen LogP contribution in [0.25, 0.3) is 0 Å². The van der Waals surface area contributed by atoms with Crippen LogP contribution in [0, 0.1) is 5.92 Å². The molecule has 1 rings (SSSR count). The van der Waals surface area contributed by atoms with E-state index in [0.29, 0.717) is 19.4 Å². The van der Waals surface area contributed by atoms with Crippen molar-refractivity contribution in [2.45, 2.75) is 39.2 Å². The van der Waals surface area contributed by atoms with E-state index in [1.807, 2.05) is 6.92 Å². The highest BCUT2D eigenvalue weighted by molar-refractivity contribution is 5.87. The van der Waals surface area contributed by atoms with Gasteiger partial charge in [0.05, 0.1) is 12.6 Å². The molecule has 86 valence electrons. The number of nitrogens with one attached hydrogen (secondary N) is 1. The van der Waals surface area contributed by atoms with Gasteiger partial charge in [-0.15, -0.1) is 0 Å². The Kier molecular flexibility index (Phi) is 4.75. The minimum Gasteiger partial charge on any atom is -0.466 e. The first-order chi connectivity index (χ1) is 7.15. The van der Waals surface area contributed by atoms with Gasteiger partial charge in [-0.3, -0.25) is 9.59 Å². The molecule has 2 unspecified atom stereocenters. The number of hydrogen-bond acceptors (Lipinski definition) is 4. The number of carbonyl (C=O) groups excluding carboxylic acids is 2. The second-order valence-electron chi connectivity index (χ2n) is 3.94. The smallest absolute Gasteiger partial charge is 0.305 e. The fourth-order valence-electron chi connectivity index (χ4n) is 1.80. The highest BCUT2D eigenvalue weighted by atomic mass is 16.5. The Labute approximate surface area is 90.4 Å². The lowest BCUT2D eigenvalue weighted by molar-refractivity contribution is -0.143. The second-order valence-corrected chi connectivity index (χ2v) is 3.94. The molecule has 0 radical (unpaired) electrons. The van der Waals surface area contributed by atoms with E-state index in [-0.39, 0.29) is 23.7 Å². The molecule has 4 heteroatoms. The number of Topliss-reactive ketones (excluding diaryl/α,β-unsaturated/α-hetero) is 1. The molecule has 1 fully saturated rings. The minimum atomic E-state index is -0.217. The Morgan fingerprint density at radius 1 is 1.60 bits per heavy atom. The predicted molar refractivity (Wildman–Crippen MR) is 56.4 cm³/mol. The van der Waals surface area contributed by atoms with E-state index in [1.165, 1.54) is 0 Å². The minimum absolute atomic E-state index is 0.124. The average Bonchev–Trinajstić information content (AvgIpc) is 2.21. The van der Waals surface area contributed by atoms with E-state index in [4.69, 9.17) is 4.74 Å². The molecule has 0 spiro atoms. The van der Waals surface area contributed by atoms with Gasteiger partial charge >= 0.3 is 5.97 Å². The summed E-state index contributed by atoms with van der Waals surface area (Å²) in [4.78, 5) is 22.8. The molecule has 0 amide bonds. The molecule has 1 saturated heterocycles. The summed E-state index contributed by atoms with van der Waals surface area (Å²) in [6, 6.07) is -0.154. The molecule has 0 bridgehead atoms. The van der Waals surface area contributed by atoms with Crippen molar-refractivity contribution >= 4 is 11.8 Å². The van der Waals surface area contributed by atoms with Crippen LogP contribution in [0.1, 0.15) is 33.1 Å². The number of piperidine rings is 1. The topological polar surface area (TPSA) is 55.4 Å². The number of esters is 1. The standard InChI is InChI=1S/C11H19NO3/c1-3-15-10(13)5-4-9-11(14)8(2)6-7-12-9/h8-9,12H,3-7H2,1-2H3. The van der Waals surface area contributed by atoms with Gasteiger partial charge in [-0.2, -0.15) is 0 Å². The summed E-state index contributed by atoms with van der Waals surface area (Å²) in [5.74, 6) is 0.134. The van der Waals surface area contributed by atoms with Crippen molar-refractivity contribution in [3.63, 3.8) is 0 Å². The van der Waals surface area contributed by atoms with E-state index in [0.717, 1.165) is 13.0 Å². The van der Waals surface area contributed by atoms with Crippen LogP contribution in [-0.2, 0) is 14.3 Å². The maximum absolute atomic E-state index is 11.7. The van der Waals surface area contributed by atoms with Crippen LogP contribution in [0.5, 0.6) is 0 Å². The van der Waals surface area contributed by atoms with Crippen molar-refractivity contribution in [2.75, 3.05) is 13.2 Å². The van der Waals surface area contributed by atoms with E-state index in [2.05, 4.69) is 5.32 Å². The number of ketones is 1. The normalized spacial score (nSPS) is 26.4. The Morgan fingerprint density at radius 3 is 3.00 bits per heavy atom. The molecule has 0 saturated carbocycles. The zero-order valence-electron chi connectivity index (χ0n) is 9.41. The number of rotatable bonds is 4. The van der Waals surface area contributed by atoms with Crippen molar-refractivity contribution in [1.82, 2.24) is 5.32 Å². The summed E-state index contributed by atoms with van der Waals surface area (Å²) in [6.07, 6.45) is 1.78. The fourth-order valence-corrected chi connectivity index (χ4v) is 1.80. The summed E-state index contributed by atoms with van der Waals surface area (Å²) in [5, 5.41) is 3.14. The zero-order valence-corrected chi connectivity index (χ0v) is 9.41. The van der Waals surface area contributed by atoms with Crippen LogP contribution >= 0.6 is 0 Å². The van der Waals surface area contributed by atoms with Gasteiger partial charge in [0.2, 0.25) is 0 Å². The summed E-state index contributed by atoms with van der Waals surface area (Å²) < 4.78 is 4.82. The molecule has 4 nitrogen and oxygen atoms in total. The van der Waals surface area contributed by atoms with Crippen LogP contribution in [0.3, 0.4) is 0 Å². The van der Waals surface area contributed by atoms with Crippen LogP contribution < -0.4 is 5.32 Å². The van der Waals surface area contributed by atoms with Crippen LogP contribution in [0.2, 0.25) is 0 Å². The van der Waals surface area contributed by atoms with Crippen molar-refractivity contribution in [3.8, 4) is 0 Å². The molecule has 2 atom stereocenters. The van der Waals surface area contributed by atoms with E-state index < -0.39 is 0 Å². The second kappa shape index (κ2) is 5.85. The third-order valence-corrected chi connectivity index (χ3v) is 2.74. The van der Waals surface area contributed by atoms with E-state index in [9.17, 15) is 9.59 Å². The summed E-state index contributed by atoms with van der Waals surface area (Å²) in [7, 11) is 0. The molecule has 1 N–H and O–H groups in total. The van der Waals surface area contributed by atoms with Crippen molar-refractivity contribution in [3.05, 3.63) is 0 Å². The van der Waals surface area contributed by atoms with Gasteiger partial charge in [0.25, 0.3) is 0 Å². The first-order valence-electron chi connectivity index (χ1n) is 5.58. The Morgan fingerprint density at radius 2 is 2.33 bits per heavy atom. The van der Waals surface area contributed by atoms with Crippen molar-refractivity contribution in [1.29, 1.82) is 0 Å². The number of ether oxygens (including phenoxy) is 1. The summed E-state index contributed by atoms with van der Waals surface area (Å²) >= 11 is 0. The maximum atomic E-state index is 11.7. The van der Waals surface area contributed by atoms with Gasteiger partial charge in [0.1, 0.15) is 0 Å². The molecule has 15 heavy (non-hydrogen) atoms. The quantitative estimate of drug-likeness (QED) is 0.705. The summed E-state index contributed by atoms with van der Waals surface area (Å²) in [5.41, 5.74) is 0. The number of carbonyl (C=O) groups is 2. The predicted octanol–water partition coefficient (Wildman–Crippen LogP) is 0.897. The average molecular weight is 213 g/mol. The molecule has 0 aromatic carbocycles. The molecular formula is C11H19NO3. The Hall–Kier alpha value is -0.900. The van der Waals surface area contributed by atoms with E-state index >= 15 is 0 Å². The molecule has 1 aliphatic rings. The Bertz CT molecular complexity index is 240. The van der Waals surface area contributed by atoms with Gasteiger partial charge in [-0.1, -0.05) is 6.92 Å². The SMILES string of the molecule is CCOC(=O)CCC1NCCC(C)C1=O. The van der Waals surface area contributed by atoms with Gasteiger partial charge < -0.3 is 10.1 Å². The third-order valence-electron chi connectivity index (χ3n) is 2.74. The van der Waals surface area contributed by atoms with Crippen molar-refractivity contribution < 1.29 is 14.3 Å². The molecular weight excluding hydrogens is 194 g/mol. The lowest BCUT2D eigenvalue weighted by Gasteiger charge is -2.26. The summed E-state index contributed by atoms with van der Waals surface area (Å²) in [6.45, 7) is 4.99. The molecule has 1 aliphatic heterocycles. The van der Waals surface area contributed by atoms with Crippen LogP contribution in [-0.4, -0.2) is 30.9 Å². The van der Waals surface area contributed by atoms with Gasteiger partial charge in [0.15, 0.2) is 5.78 Å². The number of hydrogen-bond donors (Lipinski definition) is 1. The highest BCUT2D eigenvalue weighted by Gasteiger charge is 2.27.